The standard InChI is InChI=1S/C42H48O8/c1-3-17-35(43)49-41-39(47-29-33-23-13-7-14-24-33)37(45-27-31-19-9-5-10-20-31)38(46-28-32-21-11-6-12-22-32)40(42(41)50-36(44)18-4-2)48-30-34-25-15-8-16-26-34/h5-16,19-26,37-42H,3-4,17-18,27-30H2,1-2H3/t37-,38-,39+,40+,41-,42-/m0/s1. The van der Waals surface area contributed by atoms with Gasteiger partial charge in [-0.3, -0.25) is 9.59 Å². The van der Waals surface area contributed by atoms with E-state index in [1.807, 2.05) is 135 Å². The maximum absolute atomic E-state index is 13.3. The molecule has 5 rings (SSSR count). The third-order valence-corrected chi connectivity index (χ3v) is 8.53. The van der Waals surface area contributed by atoms with Crippen LogP contribution in [0.15, 0.2) is 121 Å². The Hall–Kier alpha value is -4.34. The second-order valence-electron chi connectivity index (χ2n) is 12.5. The van der Waals surface area contributed by atoms with Gasteiger partial charge in [0.1, 0.15) is 24.4 Å². The van der Waals surface area contributed by atoms with Crippen molar-refractivity contribution in [2.75, 3.05) is 0 Å². The van der Waals surface area contributed by atoms with Gasteiger partial charge in [-0.05, 0) is 35.1 Å². The molecule has 50 heavy (non-hydrogen) atoms. The SMILES string of the molecule is CCCC(=O)O[C@H]1[C@H](OCc2ccccc2)[C@@H](OCc2ccccc2)[C@H](OCc2ccccc2)[C@@H](OCc2ccccc2)[C@@H]1OC(=O)CCC. The van der Waals surface area contributed by atoms with Crippen LogP contribution in [0, 0.1) is 0 Å². The second kappa shape index (κ2) is 19.7. The Morgan fingerprint density at radius 3 is 0.880 bits per heavy atom. The molecular formula is C42H48O8. The van der Waals surface area contributed by atoms with Crippen LogP contribution < -0.4 is 0 Å². The quantitative estimate of drug-likeness (QED) is 0.0986. The minimum Gasteiger partial charge on any atom is -0.455 e. The number of ether oxygens (including phenoxy) is 6. The highest BCUT2D eigenvalue weighted by Gasteiger charge is 2.57. The molecule has 0 bridgehead atoms. The van der Waals surface area contributed by atoms with E-state index in [-0.39, 0.29) is 39.3 Å². The van der Waals surface area contributed by atoms with E-state index in [0.29, 0.717) is 12.8 Å². The minimum absolute atomic E-state index is 0.191. The summed E-state index contributed by atoms with van der Waals surface area (Å²) in [4.78, 5) is 26.6. The molecule has 0 saturated heterocycles. The highest BCUT2D eigenvalue weighted by molar-refractivity contribution is 5.71. The van der Waals surface area contributed by atoms with E-state index in [4.69, 9.17) is 28.4 Å². The third kappa shape index (κ3) is 10.8. The first-order valence-corrected chi connectivity index (χ1v) is 17.6. The summed E-state index contributed by atoms with van der Waals surface area (Å²) in [5, 5.41) is 0. The largest absolute Gasteiger partial charge is 0.455 e. The van der Waals surface area contributed by atoms with Gasteiger partial charge in [-0.2, -0.15) is 0 Å². The Bertz CT molecular complexity index is 1430. The van der Waals surface area contributed by atoms with Crippen LogP contribution >= 0.6 is 0 Å². The van der Waals surface area contributed by atoms with Crippen molar-refractivity contribution >= 4 is 11.9 Å². The lowest BCUT2D eigenvalue weighted by atomic mass is 9.83. The lowest BCUT2D eigenvalue weighted by molar-refractivity contribution is -0.281. The molecule has 1 aliphatic carbocycles. The second-order valence-corrected chi connectivity index (χ2v) is 12.5. The Balaban J connectivity index is 1.59. The lowest BCUT2D eigenvalue weighted by Crippen LogP contribution is -2.68. The molecule has 0 spiro atoms. The average molecular weight is 681 g/mol. The first kappa shape index (κ1) is 36.9. The molecule has 0 radical (unpaired) electrons. The number of carbonyl (C=O) groups excluding carboxylic acids is 2. The predicted octanol–water partition coefficient (Wildman–Crippen LogP) is 7.77. The normalized spacial score (nSPS) is 21.7. The van der Waals surface area contributed by atoms with Gasteiger partial charge >= 0.3 is 11.9 Å². The molecule has 264 valence electrons. The van der Waals surface area contributed by atoms with Crippen molar-refractivity contribution in [1.82, 2.24) is 0 Å². The van der Waals surface area contributed by atoms with Crippen molar-refractivity contribution in [1.29, 1.82) is 0 Å². The highest BCUT2D eigenvalue weighted by Crippen LogP contribution is 2.36. The fraction of sp³-hybridized carbons (Fsp3) is 0.381. The van der Waals surface area contributed by atoms with E-state index < -0.39 is 48.6 Å². The van der Waals surface area contributed by atoms with Gasteiger partial charge in [0.25, 0.3) is 0 Å². The summed E-state index contributed by atoms with van der Waals surface area (Å²) in [7, 11) is 0. The van der Waals surface area contributed by atoms with Crippen LogP contribution in [0.3, 0.4) is 0 Å². The van der Waals surface area contributed by atoms with Crippen molar-refractivity contribution in [3.05, 3.63) is 144 Å². The van der Waals surface area contributed by atoms with Crippen LogP contribution in [-0.4, -0.2) is 48.6 Å². The molecule has 4 aromatic rings. The fourth-order valence-corrected chi connectivity index (χ4v) is 6.05. The zero-order valence-corrected chi connectivity index (χ0v) is 28.9. The number of hydrogen-bond acceptors (Lipinski definition) is 8. The van der Waals surface area contributed by atoms with Gasteiger partial charge in [-0.25, -0.2) is 0 Å². The molecule has 0 unspecified atom stereocenters. The van der Waals surface area contributed by atoms with Gasteiger partial charge in [0.05, 0.1) is 26.4 Å². The predicted molar refractivity (Wildman–Crippen MR) is 190 cm³/mol. The molecule has 0 heterocycles. The first-order chi connectivity index (χ1) is 24.6. The van der Waals surface area contributed by atoms with E-state index in [1.165, 1.54) is 0 Å². The summed E-state index contributed by atoms with van der Waals surface area (Å²) in [6, 6.07) is 39.2. The molecule has 1 saturated carbocycles. The maximum Gasteiger partial charge on any atom is 0.306 e. The summed E-state index contributed by atoms with van der Waals surface area (Å²) >= 11 is 0. The molecule has 0 N–H and O–H groups in total. The molecule has 6 atom stereocenters. The van der Waals surface area contributed by atoms with E-state index in [0.717, 1.165) is 22.3 Å². The van der Waals surface area contributed by atoms with Gasteiger partial charge < -0.3 is 28.4 Å². The van der Waals surface area contributed by atoms with E-state index >= 15 is 0 Å². The summed E-state index contributed by atoms with van der Waals surface area (Å²) in [6.07, 6.45) is -3.86. The van der Waals surface area contributed by atoms with Crippen LogP contribution in [-0.2, 0) is 64.4 Å². The van der Waals surface area contributed by atoms with Crippen molar-refractivity contribution in [2.24, 2.45) is 0 Å². The van der Waals surface area contributed by atoms with E-state index in [1.54, 1.807) is 0 Å². The van der Waals surface area contributed by atoms with Crippen molar-refractivity contribution < 1.29 is 38.0 Å². The smallest absolute Gasteiger partial charge is 0.306 e. The highest BCUT2D eigenvalue weighted by atomic mass is 16.6. The molecule has 8 heteroatoms. The van der Waals surface area contributed by atoms with Crippen molar-refractivity contribution in [3.8, 4) is 0 Å². The van der Waals surface area contributed by atoms with Gasteiger partial charge in [0.2, 0.25) is 0 Å². The molecule has 0 aromatic heterocycles. The van der Waals surface area contributed by atoms with Gasteiger partial charge in [-0.15, -0.1) is 0 Å². The summed E-state index contributed by atoms with van der Waals surface area (Å²) in [5.41, 5.74) is 3.76. The molecule has 1 aliphatic rings. The van der Waals surface area contributed by atoms with Gasteiger partial charge in [0, 0.05) is 12.8 Å². The monoisotopic (exact) mass is 680 g/mol. The number of hydrogen-bond donors (Lipinski definition) is 0. The number of esters is 2. The molecule has 4 aromatic carbocycles. The third-order valence-electron chi connectivity index (χ3n) is 8.53. The van der Waals surface area contributed by atoms with E-state index in [2.05, 4.69) is 0 Å². The van der Waals surface area contributed by atoms with Crippen molar-refractivity contribution in [3.63, 3.8) is 0 Å². The van der Waals surface area contributed by atoms with Crippen LogP contribution in [0.4, 0.5) is 0 Å². The fourth-order valence-electron chi connectivity index (χ4n) is 6.05. The van der Waals surface area contributed by atoms with Crippen LogP contribution in [0.1, 0.15) is 61.8 Å². The zero-order valence-electron chi connectivity index (χ0n) is 28.9. The molecule has 0 aliphatic heterocycles. The minimum atomic E-state index is -1.04. The summed E-state index contributed by atoms with van der Waals surface area (Å²) < 4.78 is 39.4. The van der Waals surface area contributed by atoms with Crippen LogP contribution in [0.2, 0.25) is 0 Å². The van der Waals surface area contributed by atoms with Crippen molar-refractivity contribution in [2.45, 2.75) is 103 Å². The molecule has 1 fully saturated rings. The number of carbonyl (C=O) groups is 2. The lowest BCUT2D eigenvalue weighted by Gasteiger charge is -2.49. The zero-order chi connectivity index (χ0) is 35.0. The number of benzene rings is 4. The summed E-state index contributed by atoms with van der Waals surface area (Å²) in [6.45, 7) is 4.71. The summed E-state index contributed by atoms with van der Waals surface area (Å²) in [5.74, 6) is -0.843. The Morgan fingerprint density at radius 1 is 0.400 bits per heavy atom. The Labute approximate surface area is 295 Å². The van der Waals surface area contributed by atoms with Gasteiger partial charge in [0.15, 0.2) is 12.2 Å². The Kier molecular flexibility index (Phi) is 14.6. The molecule has 8 nitrogen and oxygen atoms in total. The Morgan fingerprint density at radius 2 is 0.640 bits per heavy atom. The number of rotatable bonds is 18. The molecular weight excluding hydrogens is 632 g/mol. The van der Waals surface area contributed by atoms with Crippen LogP contribution in [0.5, 0.6) is 0 Å². The van der Waals surface area contributed by atoms with Gasteiger partial charge in [-0.1, -0.05) is 135 Å². The molecule has 0 amide bonds. The van der Waals surface area contributed by atoms with E-state index in [9.17, 15) is 9.59 Å². The first-order valence-electron chi connectivity index (χ1n) is 17.6. The maximum atomic E-state index is 13.3. The average Bonchev–Trinajstić information content (AvgIpc) is 3.15. The topological polar surface area (TPSA) is 89.5 Å². The van der Waals surface area contributed by atoms with Crippen LogP contribution in [0.25, 0.3) is 0 Å².